The van der Waals surface area contributed by atoms with E-state index in [9.17, 15) is 13.6 Å². The Hall–Kier alpha value is -2.18. The zero-order valence-corrected chi connectivity index (χ0v) is 11.6. The van der Waals surface area contributed by atoms with Gasteiger partial charge in [-0.3, -0.25) is 4.79 Å². The number of benzene rings is 1. The van der Waals surface area contributed by atoms with Gasteiger partial charge in [-0.25, -0.2) is 8.78 Å². The zero-order chi connectivity index (χ0) is 15.6. The number of amidine groups is 1. The molecule has 1 aromatic rings. The molecule has 0 bridgehead atoms. The molecule has 0 saturated heterocycles. The molecule has 1 amide bonds. The Labute approximate surface area is 121 Å². The lowest BCUT2D eigenvalue weighted by Gasteiger charge is -2.22. The third-order valence-electron chi connectivity index (χ3n) is 3.46. The molecule has 3 N–H and O–H groups in total. The van der Waals surface area contributed by atoms with Gasteiger partial charge < -0.3 is 15.8 Å². The topological polar surface area (TPSA) is 78.9 Å². The molecule has 1 saturated carbocycles. The second kappa shape index (κ2) is 6.07. The summed E-state index contributed by atoms with van der Waals surface area (Å²) < 4.78 is 27.1. The number of hydrogen-bond donors (Lipinski definition) is 2. The van der Waals surface area contributed by atoms with E-state index in [-0.39, 0.29) is 36.0 Å². The van der Waals surface area contributed by atoms with Crippen LogP contribution in [0.1, 0.15) is 35.2 Å². The molecule has 0 radical (unpaired) electrons. The van der Waals surface area contributed by atoms with Crippen molar-refractivity contribution in [1.82, 2.24) is 4.90 Å². The Morgan fingerprint density at radius 1 is 1.43 bits per heavy atom. The van der Waals surface area contributed by atoms with Crippen LogP contribution in [0.2, 0.25) is 0 Å². The maximum absolute atomic E-state index is 13.8. The first-order valence-corrected chi connectivity index (χ1v) is 6.67. The van der Waals surface area contributed by atoms with Crippen LogP contribution >= 0.6 is 0 Å². The van der Waals surface area contributed by atoms with Crippen molar-refractivity contribution >= 4 is 11.7 Å². The molecule has 21 heavy (non-hydrogen) atoms. The molecule has 0 unspecified atom stereocenters. The lowest BCUT2D eigenvalue weighted by molar-refractivity contribution is 0.0742. The number of rotatable bonds is 5. The van der Waals surface area contributed by atoms with E-state index in [2.05, 4.69) is 5.16 Å². The minimum absolute atomic E-state index is 0.00390. The van der Waals surface area contributed by atoms with Crippen molar-refractivity contribution in [3.05, 3.63) is 34.9 Å². The minimum Gasteiger partial charge on any atom is -0.409 e. The summed E-state index contributed by atoms with van der Waals surface area (Å²) in [5.41, 5.74) is 5.46. The number of halogens is 2. The third-order valence-corrected chi connectivity index (χ3v) is 3.46. The first kappa shape index (κ1) is 15.2. The van der Waals surface area contributed by atoms with Crippen LogP contribution in [0.25, 0.3) is 0 Å². The van der Waals surface area contributed by atoms with E-state index < -0.39 is 17.5 Å². The molecule has 1 aromatic carbocycles. The maximum Gasteiger partial charge on any atom is 0.257 e. The largest absolute Gasteiger partial charge is 0.409 e. The Kier molecular flexibility index (Phi) is 4.40. The Bertz CT molecular complexity index is 586. The summed E-state index contributed by atoms with van der Waals surface area (Å²) >= 11 is 0. The van der Waals surface area contributed by atoms with Crippen LogP contribution in [0.5, 0.6) is 0 Å². The summed E-state index contributed by atoms with van der Waals surface area (Å²) in [6.07, 6.45) is 1.87. The van der Waals surface area contributed by atoms with Gasteiger partial charge in [-0.05, 0) is 31.4 Å². The summed E-state index contributed by atoms with van der Waals surface area (Å²) in [6.45, 7) is 1.71. The van der Waals surface area contributed by atoms with E-state index in [1.54, 1.807) is 0 Å². The van der Waals surface area contributed by atoms with Crippen molar-refractivity contribution in [3.8, 4) is 0 Å². The Morgan fingerprint density at radius 2 is 2.10 bits per heavy atom. The predicted molar refractivity (Wildman–Crippen MR) is 73.2 cm³/mol. The van der Waals surface area contributed by atoms with Gasteiger partial charge >= 0.3 is 0 Å². The molecule has 0 aliphatic heterocycles. The van der Waals surface area contributed by atoms with Gasteiger partial charge in [0.25, 0.3) is 5.91 Å². The quantitative estimate of drug-likeness (QED) is 0.378. The highest BCUT2D eigenvalue weighted by atomic mass is 19.1. The van der Waals surface area contributed by atoms with Crippen molar-refractivity contribution in [2.24, 2.45) is 10.9 Å². The number of carbonyl (C=O) groups is 1. The van der Waals surface area contributed by atoms with Gasteiger partial charge in [-0.2, -0.15) is 0 Å². The molecule has 7 heteroatoms. The van der Waals surface area contributed by atoms with Crippen LogP contribution in [0.15, 0.2) is 17.3 Å². The monoisotopic (exact) mass is 297 g/mol. The Balaban J connectivity index is 2.20. The fraction of sp³-hybridized carbons (Fsp3) is 0.429. The number of nitrogens with two attached hydrogens (primary N) is 1. The van der Waals surface area contributed by atoms with Gasteiger partial charge in [0, 0.05) is 25.1 Å². The van der Waals surface area contributed by atoms with Gasteiger partial charge in [0.2, 0.25) is 0 Å². The van der Waals surface area contributed by atoms with Crippen LogP contribution in [-0.2, 0) is 0 Å². The lowest BCUT2D eigenvalue weighted by atomic mass is 10.1. The molecule has 1 fully saturated rings. The number of hydrogen-bond acceptors (Lipinski definition) is 3. The summed E-state index contributed by atoms with van der Waals surface area (Å²) in [5, 5.41) is 11.4. The number of carbonyl (C=O) groups excluding carboxylic acids is 1. The van der Waals surface area contributed by atoms with Gasteiger partial charge in [0.1, 0.15) is 17.5 Å². The molecule has 1 aliphatic carbocycles. The molecule has 0 spiro atoms. The van der Waals surface area contributed by atoms with Crippen LogP contribution in [0, 0.1) is 18.6 Å². The van der Waals surface area contributed by atoms with E-state index in [0.717, 1.165) is 18.9 Å². The highest BCUT2D eigenvalue weighted by Crippen LogP contribution is 2.29. The van der Waals surface area contributed by atoms with Crippen molar-refractivity contribution < 1.29 is 18.8 Å². The van der Waals surface area contributed by atoms with E-state index >= 15 is 0 Å². The molecule has 1 aliphatic rings. The number of aryl methyl sites for hydroxylation is 1. The van der Waals surface area contributed by atoms with Crippen LogP contribution < -0.4 is 5.73 Å². The van der Waals surface area contributed by atoms with E-state index in [4.69, 9.17) is 10.9 Å². The molecule has 0 heterocycles. The molecule has 0 atom stereocenters. The van der Waals surface area contributed by atoms with E-state index in [1.807, 2.05) is 0 Å². The fourth-order valence-corrected chi connectivity index (χ4v) is 2.10. The molecule has 0 aromatic heterocycles. The second-order valence-electron chi connectivity index (χ2n) is 5.15. The molecule has 114 valence electrons. The fourth-order valence-electron chi connectivity index (χ4n) is 2.10. The van der Waals surface area contributed by atoms with Gasteiger partial charge in [0.05, 0.1) is 5.56 Å². The zero-order valence-electron chi connectivity index (χ0n) is 11.6. The minimum atomic E-state index is -0.877. The highest BCUT2D eigenvalue weighted by molar-refractivity contribution is 5.95. The average molecular weight is 297 g/mol. The summed E-state index contributed by atoms with van der Waals surface area (Å²) in [5.74, 6) is -2.05. The summed E-state index contributed by atoms with van der Waals surface area (Å²) in [6, 6.07) is 1.97. The highest BCUT2D eigenvalue weighted by Gasteiger charge is 2.34. The first-order chi connectivity index (χ1) is 9.93. The lowest BCUT2D eigenvalue weighted by Crippen LogP contribution is -2.36. The third kappa shape index (κ3) is 3.48. The van der Waals surface area contributed by atoms with Crippen LogP contribution in [-0.4, -0.2) is 34.4 Å². The second-order valence-corrected chi connectivity index (χ2v) is 5.15. The van der Waals surface area contributed by atoms with Gasteiger partial charge in [-0.15, -0.1) is 0 Å². The number of nitrogens with zero attached hydrogens (tertiary/aromatic N) is 2. The predicted octanol–water partition coefficient (Wildman–Crippen LogP) is 2.01. The van der Waals surface area contributed by atoms with Crippen molar-refractivity contribution in [3.63, 3.8) is 0 Å². The standard InChI is InChI=1S/C14H17F2N3O2/c1-8-6-10(12(16)7-11(8)15)14(20)19(9-2-3-9)5-4-13(17)18-21/h6-7,9,21H,2-5H2,1H3,(H2,17,18). The molecular weight excluding hydrogens is 280 g/mol. The summed E-state index contributed by atoms with van der Waals surface area (Å²) in [4.78, 5) is 13.9. The van der Waals surface area contributed by atoms with Crippen molar-refractivity contribution in [2.75, 3.05) is 6.54 Å². The maximum atomic E-state index is 13.8. The SMILES string of the molecule is Cc1cc(C(=O)N(CC/C(N)=N/O)C2CC2)c(F)cc1F. The van der Waals surface area contributed by atoms with E-state index in [1.165, 1.54) is 17.9 Å². The summed E-state index contributed by atoms with van der Waals surface area (Å²) in [7, 11) is 0. The van der Waals surface area contributed by atoms with E-state index in [0.29, 0.717) is 0 Å². The Morgan fingerprint density at radius 3 is 2.67 bits per heavy atom. The molecule has 2 rings (SSSR count). The van der Waals surface area contributed by atoms with Gasteiger partial charge in [0.15, 0.2) is 0 Å². The van der Waals surface area contributed by atoms with Crippen LogP contribution in [0.3, 0.4) is 0 Å². The first-order valence-electron chi connectivity index (χ1n) is 6.67. The number of oxime groups is 1. The van der Waals surface area contributed by atoms with Crippen molar-refractivity contribution in [2.45, 2.75) is 32.2 Å². The molecule has 5 nitrogen and oxygen atoms in total. The smallest absolute Gasteiger partial charge is 0.257 e. The normalized spacial score (nSPS) is 15.1. The average Bonchev–Trinajstić information content (AvgIpc) is 3.27. The number of amides is 1. The van der Waals surface area contributed by atoms with Gasteiger partial charge in [-0.1, -0.05) is 5.16 Å². The van der Waals surface area contributed by atoms with Crippen LogP contribution in [0.4, 0.5) is 8.78 Å². The van der Waals surface area contributed by atoms with Crippen molar-refractivity contribution in [1.29, 1.82) is 0 Å². The molecular formula is C14H17F2N3O2.